The maximum absolute atomic E-state index is 13.2. The predicted octanol–water partition coefficient (Wildman–Crippen LogP) is 8.30. The van der Waals surface area contributed by atoms with Gasteiger partial charge in [0, 0.05) is 43.7 Å². The number of hydrogen-bond acceptors (Lipinski definition) is 10. The fraction of sp³-hybridized carbons (Fsp3) is 0.426. The van der Waals surface area contributed by atoms with Crippen LogP contribution in [-0.4, -0.2) is 66.4 Å². The number of Topliss-reactive ketones (excluding diaryl/α,β-unsaturated/α-hetero) is 2. The number of ether oxygens (including phenoxy) is 3. The molecule has 0 aromatic heterocycles. The van der Waals surface area contributed by atoms with E-state index in [1.807, 2.05) is 128 Å². The highest BCUT2D eigenvalue weighted by Crippen LogP contribution is 2.19. The van der Waals surface area contributed by atoms with Gasteiger partial charge in [0.15, 0.2) is 5.78 Å². The van der Waals surface area contributed by atoms with Crippen LogP contribution in [0, 0.1) is 17.8 Å². The molecule has 4 aromatic carbocycles. The highest BCUT2D eigenvalue weighted by molar-refractivity contribution is 5.91. The Kier molecular flexibility index (Phi) is 25.4. The second-order valence-electron chi connectivity index (χ2n) is 18.0. The van der Waals surface area contributed by atoms with Crippen molar-refractivity contribution in [3.63, 3.8) is 0 Å². The third kappa shape index (κ3) is 25.1. The first-order valence-corrected chi connectivity index (χ1v) is 23.6. The molecule has 0 aliphatic heterocycles. The molecular weight excluding hydrogens is 879 g/mol. The smallest absolute Gasteiger partial charge is 0.408 e. The first-order chi connectivity index (χ1) is 33.0. The second kappa shape index (κ2) is 31.1. The Morgan fingerprint density at radius 3 is 1.28 bits per heavy atom. The summed E-state index contributed by atoms with van der Waals surface area (Å²) in [6, 6.07) is 36.9. The Hall–Kier alpha value is -7.03. The van der Waals surface area contributed by atoms with Crippen molar-refractivity contribution in [1.29, 1.82) is 0 Å². The topological polar surface area (TPSA) is 235 Å². The summed E-state index contributed by atoms with van der Waals surface area (Å²) in [6.45, 7) is 8.32. The number of carbonyl (C=O) groups is 7. The maximum atomic E-state index is 13.2. The van der Waals surface area contributed by atoms with Crippen molar-refractivity contribution in [2.24, 2.45) is 29.2 Å². The van der Waals surface area contributed by atoms with Crippen molar-refractivity contribution in [3.05, 3.63) is 144 Å². The van der Waals surface area contributed by atoms with E-state index in [0.717, 1.165) is 35.1 Å². The van der Waals surface area contributed by atoms with Crippen molar-refractivity contribution in [3.8, 4) is 0 Å². The highest BCUT2D eigenvalue weighted by atomic mass is 16.6. The van der Waals surface area contributed by atoms with E-state index in [-0.39, 0.29) is 43.5 Å². The summed E-state index contributed by atoms with van der Waals surface area (Å²) in [6.07, 6.45) is 2.84. The normalized spacial score (nSPS) is 12.6. The molecule has 7 N–H and O–H groups in total. The molecule has 4 atom stereocenters. The van der Waals surface area contributed by atoms with Gasteiger partial charge >= 0.3 is 18.3 Å². The van der Waals surface area contributed by atoms with E-state index in [1.54, 1.807) is 20.8 Å². The molecule has 15 nitrogen and oxygen atoms in total. The molecule has 0 aliphatic rings. The molecule has 372 valence electrons. The molecule has 0 spiro atoms. The van der Waals surface area contributed by atoms with Gasteiger partial charge in [-0.3, -0.25) is 19.2 Å². The third-order valence-electron chi connectivity index (χ3n) is 10.9. The van der Waals surface area contributed by atoms with Crippen LogP contribution in [0.1, 0.15) is 101 Å². The number of unbranched alkanes of at least 4 members (excludes halogenated alkanes) is 2. The molecule has 4 aromatic rings. The van der Waals surface area contributed by atoms with Gasteiger partial charge in [-0.05, 0) is 88.0 Å². The zero-order valence-corrected chi connectivity index (χ0v) is 40.5. The lowest BCUT2D eigenvalue weighted by Gasteiger charge is -2.24. The monoisotopic (exact) mass is 950 g/mol. The molecule has 15 heteroatoms. The zero-order chi connectivity index (χ0) is 50.4. The maximum Gasteiger partial charge on any atom is 0.408 e. The summed E-state index contributed by atoms with van der Waals surface area (Å²) >= 11 is 0. The van der Waals surface area contributed by atoms with Crippen molar-refractivity contribution in [1.82, 2.24) is 16.0 Å². The van der Waals surface area contributed by atoms with Gasteiger partial charge in [0.05, 0.1) is 6.04 Å². The summed E-state index contributed by atoms with van der Waals surface area (Å²) in [5, 5.41) is 8.05. The van der Waals surface area contributed by atoms with Crippen LogP contribution in [0.3, 0.4) is 0 Å². The summed E-state index contributed by atoms with van der Waals surface area (Å²) in [4.78, 5) is 85.6. The minimum Gasteiger partial charge on any atom is -0.445 e. The molecular formula is C54H71N5O10. The van der Waals surface area contributed by atoms with Gasteiger partial charge in [-0.1, -0.05) is 135 Å². The van der Waals surface area contributed by atoms with E-state index >= 15 is 0 Å². The second-order valence-corrected chi connectivity index (χ2v) is 18.0. The third-order valence-corrected chi connectivity index (χ3v) is 10.9. The number of alkyl carbamates (subject to hydrolysis) is 3. The first kappa shape index (κ1) is 56.3. The minimum atomic E-state index is -0.854. The molecule has 0 unspecified atom stereocenters. The Bertz CT molecular complexity index is 2170. The van der Waals surface area contributed by atoms with Crippen LogP contribution in [0.4, 0.5) is 14.4 Å². The molecule has 0 saturated carbocycles. The van der Waals surface area contributed by atoms with Crippen molar-refractivity contribution < 1.29 is 47.8 Å². The molecule has 4 rings (SSSR count). The van der Waals surface area contributed by atoms with Gasteiger partial charge in [0.2, 0.25) is 11.8 Å². The average Bonchev–Trinajstić information content (AvgIpc) is 3.32. The summed E-state index contributed by atoms with van der Waals surface area (Å²) in [5.74, 6) is -2.60. The number of rotatable bonds is 27. The lowest BCUT2D eigenvalue weighted by Crippen LogP contribution is -2.44. The summed E-state index contributed by atoms with van der Waals surface area (Å²) in [7, 11) is 0. The molecule has 0 radical (unpaired) electrons. The van der Waals surface area contributed by atoms with E-state index in [9.17, 15) is 33.6 Å². The van der Waals surface area contributed by atoms with Gasteiger partial charge in [0.1, 0.15) is 24.6 Å². The van der Waals surface area contributed by atoms with Gasteiger partial charge < -0.3 is 41.6 Å². The summed E-state index contributed by atoms with van der Waals surface area (Å²) < 4.78 is 15.7. The molecule has 0 fully saturated rings. The van der Waals surface area contributed by atoms with E-state index in [2.05, 4.69) is 16.0 Å². The minimum absolute atomic E-state index is 0.0509. The Balaban J connectivity index is 0.000000373. The lowest BCUT2D eigenvalue weighted by atomic mass is 9.88. The molecule has 0 saturated heterocycles. The van der Waals surface area contributed by atoms with E-state index < -0.39 is 53.6 Å². The largest absolute Gasteiger partial charge is 0.445 e. The average molecular weight is 950 g/mol. The zero-order valence-electron chi connectivity index (χ0n) is 40.5. The number of carbonyl (C=O) groups excluding carboxylic acids is 7. The van der Waals surface area contributed by atoms with Crippen LogP contribution in [0.15, 0.2) is 121 Å². The number of hydrogen-bond donors (Lipinski definition) is 5. The fourth-order valence-electron chi connectivity index (χ4n) is 7.08. The quantitative estimate of drug-likeness (QED) is 0.0283. The van der Waals surface area contributed by atoms with Crippen LogP contribution in [0.2, 0.25) is 0 Å². The van der Waals surface area contributed by atoms with Gasteiger partial charge in [-0.25, -0.2) is 14.4 Å². The van der Waals surface area contributed by atoms with Crippen LogP contribution in [0.5, 0.6) is 0 Å². The number of nitrogens with one attached hydrogen (secondary N) is 3. The van der Waals surface area contributed by atoms with Crippen molar-refractivity contribution in [2.45, 2.75) is 117 Å². The Morgan fingerprint density at radius 1 is 0.507 bits per heavy atom. The van der Waals surface area contributed by atoms with Crippen LogP contribution >= 0.6 is 0 Å². The first-order valence-electron chi connectivity index (χ1n) is 23.6. The van der Waals surface area contributed by atoms with E-state index in [4.69, 9.17) is 25.7 Å². The number of ketones is 2. The van der Waals surface area contributed by atoms with Crippen LogP contribution in [0.25, 0.3) is 0 Å². The highest BCUT2D eigenvalue weighted by Gasteiger charge is 2.28. The van der Waals surface area contributed by atoms with Gasteiger partial charge in [-0.2, -0.15) is 0 Å². The van der Waals surface area contributed by atoms with Crippen LogP contribution < -0.4 is 27.4 Å². The number of primary amides is 2. The standard InChI is InChI=1S/C29H39N3O6.C25H32N2O4/c1-29(2,3)38-28(36)32-24(25(33)19-23(26(30)34)18-21-12-6-4-7-13-21)16-10-11-17-31-27(35)37-20-22-14-8-5-9-15-22;1-19(23(28)17-22(24(26)29)16-20-11-4-2-5-12-20)10-8-9-15-27-25(30)31-18-21-13-6-3-7-14-21/h4-9,12-15,23-24H,10-11,16-20H2,1-3H3,(H2,30,34)(H,31,35)(H,32,36);2-7,11-14,19,22H,8-10,15-18H2,1H3,(H2,26,29)(H,27,30)/t23-,24+;19-,22+/m10/s1. The van der Waals surface area contributed by atoms with Gasteiger partial charge in [0.25, 0.3) is 0 Å². The number of amides is 5. The number of nitrogens with two attached hydrogens (primary N) is 2. The van der Waals surface area contributed by atoms with Crippen LogP contribution in [-0.2, 0) is 59.4 Å². The molecule has 69 heavy (non-hydrogen) atoms. The molecule has 0 bridgehead atoms. The van der Waals surface area contributed by atoms with Crippen molar-refractivity contribution in [2.75, 3.05) is 13.1 Å². The molecule has 0 heterocycles. The Morgan fingerprint density at radius 2 is 0.884 bits per heavy atom. The predicted molar refractivity (Wildman–Crippen MR) is 264 cm³/mol. The molecule has 0 aliphatic carbocycles. The van der Waals surface area contributed by atoms with Crippen molar-refractivity contribution >= 4 is 41.7 Å². The fourth-order valence-corrected chi connectivity index (χ4v) is 7.08. The van der Waals surface area contributed by atoms with E-state index in [1.165, 1.54) is 0 Å². The van der Waals surface area contributed by atoms with E-state index in [0.29, 0.717) is 51.6 Å². The summed E-state index contributed by atoms with van der Waals surface area (Å²) in [5.41, 5.74) is 14.1. The number of benzene rings is 4. The molecule has 5 amide bonds. The Labute approximate surface area is 406 Å². The lowest BCUT2D eigenvalue weighted by molar-refractivity contribution is -0.129. The SMILES string of the molecule is CC(C)(C)OC(=O)N[C@@H](CCCCNC(=O)OCc1ccccc1)C(=O)C[C@@H](Cc1ccccc1)C(N)=O.C[C@@H](CCCCNC(=O)OCc1ccccc1)C(=O)C[C@@H](Cc1ccccc1)C(N)=O. The van der Waals surface area contributed by atoms with Gasteiger partial charge in [-0.15, -0.1) is 0 Å².